The number of rotatable bonds is 3. The first-order valence-corrected chi connectivity index (χ1v) is 4.24. The first-order chi connectivity index (χ1) is 6.19. The molecule has 0 aliphatic rings. The van der Waals surface area contributed by atoms with Crippen molar-refractivity contribution in [1.82, 2.24) is 0 Å². The zero-order chi connectivity index (χ0) is 9.84. The average molecular weight is 184 g/mol. The van der Waals surface area contributed by atoms with Gasteiger partial charge in [0.15, 0.2) is 0 Å². The fourth-order valence-electron chi connectivity index (χ4n) is 1.07. The SMILES string of the molecule is CCOC(=O)c1cc(C[NH3+])c(C)o1. The number of quaternary nitrogens is 1. The Kier molecular flexibility index (Phi) is 3.08. The van der Waals surface area contributed by atoms with Gasteiger partial charge in [-0.1, -0.05) is 0 Å². The molecule has 4 nitrogen and oxygen atoms in total. The summed E-state index contributed by atoms with van der Waals surface area (Å²) < 4.78 is 9.99. The van der Waals surface area contributed by atoms with Crippen LogP contribution >= 0.6 is 0 Å². The van der Waals surface area contributed by atoms with E-state index >= 15 is 0 Å². The summed E-state index contributed by atoms with van der Waals surface area (Å²) in [5.74, 6) is 0.585. The predicted molar refractivity (Wildman–Crippen MR) is 46.0 cm³/mol. The minimum Gasteiger partial charge on any atom is -0.460 e. The van der Waals surface area contributed by atoms with Crippen LogP contribution in [0, 0.1) is 6.92 Å². The predicted octanol–water partition coefficient (Wildman–Crippen LogP) is 0.507. The summed E-state index contributed by atoms with van der Waals surface area (Å²) >= 11 is 0. The van der Waals surface area contributed by atoms with Gasteiger partial charge in [0.2, 0.25) is 5.76 Å². The van der Waals surface area contributed by atoms with Crippen molar-refractivity contribution >= 4 is 5.97 Å². The molecule has 0 amide bonds. The molecular weight excluding hydrogens is 170 g/mol. The van der Waals surface area contributed by atoms with Crippen LogP contribution in [0.5, 0.6) is 0 Å². The Labute approximate surface area is 76.7 Å². The van der Waals surface area contributed by atoms with E-state index < -0.39 is 5.97 Å². The van der Waals surface area contributed by atoms with Crippen LogP contribution < -0.4 is 5.73 Å². The number of carbonyl (C=O) groups excluding carboxylic acids is 1. The minimum atomic E-state index is -0.412. The molecule has 1 aromatic heterocycles. The molecule has 0 saturated heterocycles. The first-order valence-electron chi connectivity index (χ1n) is 4.24. The summed E-state index contributed by atoms with van der Waals surface area (Å²) in [4.78, 5) is 11.2. The molecule has 0 bridgehead atoms. The van der Waals surface area contributed by atoms with Gasteiger partial charge in [-0.15, -0.1) is 0 Å². The summed E-state index contributed by atoms with van der Waals surface area (Å²) in [5.41, 5.74) is 4.67. The lowest BCUT2D eigenvalue weighted by Gasteiger charge is -1.95. The van der Waals surface area contributed by atoms with Crippen LogP contribution in [0.2, 0.25) is 0 Å². The largest absolute Gasteiger partial charge is 0.460 e. The summed E-state index contributed by atoms with van der Waals surface area (Å²) in [7, 11) is 0. The van der Waals surface area contributed by atoms with Crippen LogP contribution in [-0.2, 0) is 11.3 Å². The van der Waals surface area contributed by atoms with Crippen molar-refractivity contribution in [3.05, 3.63) is 23.2 Å². The van der Waals surface area contributed by atoms with Crippen LogP contribution in [0.3, 0.4) is 0 Å². The van der Waals surface area contributed by atoms with Crippen molar-refractivity contribution in [2.45, 2.75) is 20.4 Å². The molecule has 0 fully saturated rings. The van der Waals surface area contributed by atoms with Gasteiger partial charge in [-0.2, -0.15) is 0 Å². The van der Waals surface area contributed by atoms with E-state index in [1.54, 1.807) is 13.0 Å². The van der Waals surface area contributed by atoms with Gasteiger partial charge >= 0.3 is 5.97 Å². The molecule has 0 radical (unpaired) electrons. The fraction of sp³-hybridized carbons (Fsp3) is 0.444. The zero-order valence-corrected chi connectivity index (χ0v) is 7.92. The molecule has 72 valence electrons. The van der Waals surface area contributed by atoms with E-state index in [4.69, 9.17) is 9.15 Å². The van der Waals surface area contributed by atoms with Gasteiger partial charge < -0.3 is 14.9 Å². The number of hydrogen-bond donors (Lipinski definition) is 1. The highest BCUT2D eigenvalue weighted by Crippen LogP contribution is 2.14. The normalized spacial score (nSPS) is 10.1. The second kappa shape index (κ2) is 4.09. The molecule has 4 heteroatoms. The Balaban J connectivity index is 2.84. The van der Waals surface area contributed by atoms with E-state index in [1.807, 2.05) is 6.92 Å². The standard InChI is InChI=1S/C9H13NO3/c1-3-12-9(11)8-4-7(5-10)6(2)13-8/h4H,3,5,10H2,1-2H3/p+1. The first kappa shape index (κ1) is 9.80. The van der Waals surface area contributed by atoms with E-state index in [-0.39, 0.29) is 5.76 Å². The van der Waals surface area contributed by atoms with Gasteiger partial charge in [0.05, 0.1) is 6.61 Å². The van der Waals surface area contributed by atoms with Gasteiger partial charge in [-0.05, 0) is 13.8 Å². The van der Waals surface area contributed by atoms with Crippen molar-refractivity contribution in [3.63, 3.8) is 0 Å². The molecule has 0 spiro atoms. The maximum Gasteiger partial charge on any atom is 0.374 e. The van der Waals surface area contributed by atoms with E-state index in [0.29, 0.717) is 13.2 Å². The van der Waals surface area contributed by atoms with Crippen LogP contribution in [-0.4, -0.2) is 12.6 Å². The molecule has 0 aliphatic heterocycles. The van der Waals surface area contributed by atoms with Crippen molar-refractivity contribution in [2.75, 3.05) is 6.61 Å². The topological polar surface area (TPSA) is 67.1 Å². The molecule has 0 saturated carbocycles. The monoisotopic (exact) mass is 184 g/mol. The summed E-state index contributed by atoms with van der Waals surface area (Å²) in [6, 6.07) is 1.68. The molecular formula is C9H14NO3+. The van der Waals surface area contributed by atoms with E-state index in [9.17, 15) is 4.79 Å². The smallest absolute Gasteiger partial charge is 0.374 e. The number of esters is 1. The molecule has 1 rings (SSSR count). The zero-order valence-electron chi connectivity index (χ0n) is 7.92. The Bertz CT molecular complexity index is 304. The second-order valence-electron chi connectivity index (χ2n) is 2.66. The van der Waals surface area contributed by atoms with Gasteiger partial charge in [0.1, 0.15) is 12.3 Å². The second-order valence-corrected chi connectivity index (χ2v) is 2.66. The highest BCUT2D eigenvalue weighted by molar-refractivity contribution is 5.86. The highest BCUT2D eigenvalue weighted by Gasteiger charge is 2.14. The molecule has 0 atom stereocenters. The fourth-order valence-corrected chi connectivity index (χ4v) is 1.07. The lowest BCUT2D eigenvalue weighted by Crippen LogP contribution is -2.47. The lowest BCUT2D eigenvalue weighted by molar-refractivity contribution is -0.386. The third-order valence-corrected chi connectivity index (χ3v) is 1.77. The molecule has 0 aliphatic carbocycles. The highest BCUT2D eigenvalue weighted by atomic mass is 16.5. The van der Waals surface area contributed by atoms with Gasteiger partial charge in [0.25, 0.3) is 0 Å². The van der Waals surface area contributed by atoms with E-state index in [0.717, 1.165) is 11.3 Å². The quantitative estimate of drug-likeness (QED) is 0.696. The molecule has 13 heavy (non-hydrogen) atoms. The number of hydrogen-bond acceptors (Lipinski definition) is 3. The van der Waals surface area contributed by atoms with Crippen LogP contribution in [0.4, 0.5) is 0 Å². The maximum absolute atomic E-state index is 11.2. The summed E-state index contributed by atoms with van der Waals surface area (Å²) in [5, 5.41) is 0. The molecule has 3 N–H and O–H groups in total. The van der Waals surface area contributed by atoms with Crippen molar-refractivity contribution in [2.24, 2.45) is 0 Å². The van der Waals surface area contributed by atoms with Crippen molar-refractivity contribution in [3.8, 4) is 0 Å². The molecule has 0 aromatic carbocycles. The summed E-state index contributed by atoms with van der Waals surface area (Å²) in [6.07, 6.45) is 0. The van der Waals surface area contributed by atoms with Crippen LogP contribution in [0.25, 0.3) is 0 Å². The van der Waals surface area contributed by atoms with E-state index in [1.165, 1.54) is 0 Å². The number of carbonyl (C=O) groups is 1. The lowest BCUT2D eigenvalue weighted by atomic mass is 10.2. The van der Waals surface area contributed by atoms with Crippen molar-refractivity contribution in [1.29, 1.82) is 0 Å². The van der Waals surface area contributed by atoms with Gasteiger partial charge in [-0.3, -0.25) is 0 Å². The third kappa shape index (κ3) is 2.09. The van der Waals surface area contributed by atoms with Crippen LogP contribution in [0.1, 0.15) is 28.8 Å². The minimum absolute atomic E-state index is 0.262. The maximum atomic E-state index is 11.2. The van der Waals surface area contributed by atoms with Crippen molar-refractivity contribution < 1.29 is 19.7 Å². The number of ether oxygens (including phenoxy) is 1. The average Bonchev–Trinajstić information content (AvgIpc) is 2.47. The molecule has 1 aromatic rings. The summed E-state index contributed by atoms with van der Waals surface area (Å²) in [6.45, 7) is 4.55. The number of aryl methyl sites for hydroxylation is 1. The van der Waals surface area contributed by atoms with Crippen LogP contribution in [0.15, 0.2) is 10.5 Å². The number of furan rings is 1. The molecule has 1 heterocycles. The van der Waals surface area contributed by atoms with Gasteiger partial charge in [-0.25, -0.2) is 4.79 Å². The Morgan fingerprint density at radius 2 is 2.38 bits per heavy atom. The van der Waals surface area contributed by atoms with E-state index in [2.05, 4.69) is 5.73 Å². The Morgan fingerprint density at radius 1 is 1.69 bits per heavy atom. The Morgan fingerprint density at radius 3 is 2.85 bits per heavy atom. The Hall–Kier alpha value is -1.29. The third-order valence-electron chi connectivity index (χ3n) is 1.77. The van der Waals surface area contributed by atoms with Gasteiger partial charge in [0, 0.05) is 11.6 Å². The molecule has 0 unspecified atom stereocenters.